The van der Waals surface area contributed by atoms with E-state index in [-0.39, 0.29) is 0 Å². The lowest BCUT2D eigenvalue weighted by atomic mass is 9.92. The maximum Gasteiger partial charge on any atom is 0.0729 e. The number of aryl methyl sites for hydroxylation is 1. The molecule has 2 aliphatic rings. The average Bonchev–Trinajstić information content (AvgIpc) is 3.51. The molecular weight excluding hydrogens is 304 g/mol. The van der Waals surface area contributed by atoms with Gasteiger partial charge in [0.25, 0.3) is 0 Å². The number of benzene rings is 2. The van der Waals surface area contributed by atoms with Crippen LogP contribution in [-0.4, -0.2) is 4.98 Å². The fourth-order valence-corrected chi connectivity index (χ4v) is 4.10. The number of nitrogens with one attached hydrogen (secondary N) is 1. The van der Waals surface area contributed by atoms with Gasteiger partial charge in [-0.1, -0.05) is 42.5 Å². The van der Waals surface area contributed by atoms with Crippen LogP contribution in [0.1, 0.15) is 54.0 Å². The molecule has 2 heteroatoms. The molecule has 0 atom stereocenters. The van der Waals surface area contributed by atoms with E-state index in [9.17, 15) is 0 Å². The van der Waals surface area contributed by atoms with Crippen LogP contribution >= 0.6 is 0 Å². The Morgan fingerprint density at radius 3 is 2.64 bits per heavy atom. The van der Waals surface area contributed by atoms with Gasteiger partial charge >= 0.3 is 0 Å². The van der Waals surface area contributed by atoms with Crippen LogP contribution in [0.15, 0.2) is 48.5 Å². The quantitative estimate of drug-likeness (QED) is 0.674. The first kappa shape index (κ1) is 14.9. The topological polar surface area (TPSA) is 24.9 Å². The molecule has 25 heavy (non-hydrogen) atoms. The standard InChI is InChI=1S/C23H24N2/c1-2-6-16(7-3-1)15-24-23-19-8-4-5-9-21(19)25-22-14-18(17-10-11-17)12-13-20(22)23/h1-3,6-7,12-14,17H,4-5,8-11,15H2,(H,24,25). The first-order valence-electron chi connectivity index (χ1n) is 9.62. The fourth-order valence-electron chi connectivity index (χ4n) is 4.10. The maximum absolute atomic E-state index is 5.06. The lowest BCUT2D eigenvalue weighted by Gasteiger charge is -2.22. The van der Waals surface area contributed by atoms with Crippen LogP contribution in [0.3, 0.4) is 0 Å². The second-order valence-corrected chi connectivity index (χ2v) is 7.51. The van der Waals surface area contributed by atoms with Gasteiger partial charge < -0.3 is 5.32 Å². The summed E-state index contributed by atoms with van der Waals surface area (Å²) in [5.74, 6) is 0.781. The van der Waals surface area contributed by atoms with Crippen LogP contribution in [-0.2, 0) is 19.4 Å². The van der Waals surface area contributed by atoms with Gasteiger partial charge in [-0.25, -0.2) is 0 Å². The van der Waals surface area contributed by atoms with Gasteiger partial charge in [0.1, 0.15) is 0 Å². The normalized spacial score (nSPS) is 16.6. The zero-order valence-electron chi connectivity index (χ0n) is 14.6. The second kappa shape index (κ2) is 6.18. The third-order valence-electron chi connectivity index (χ3n) is 5.65. The van der Waals surface area contributed by atoms with Crippen molar-refractivity contribution in [1.29, 1.82) is 0 Å². The average molecular weight is 328 g/mol. The first-order chi connectivity index (χ1) is 12.4. The number of hydrogen-bond donors (Lipinski definition) is 1. The summed E-state index contributed by atoms with van der Waals surface area (Å²) < 4.78 is 0. The lowest BCUT2D eigenvalue weighted by Crippen LogP contribution is -2.11. The third-order valence-corrected chi connectivity index (χ3v) is 5.65. The Morgan fingerprint density at radius 1 is 0.960 bits per heavy atom. The van der Waals surface area contributed by atoms with Crippen molar-refractivity contribution in [2.24, 2.45) is 0 Å². The summed E-state index contributed by atoms with van der Waals surface area (Å²) >= 11 is 0. The van der Waals surface area contributed by atoms with E-state index in [0.29, 0.717) is 0 Å². The molecule has 3 aromatic rings. The summed E-state index contributed by atoms with van der Waals surface area (Å²) in [7, 11) is 0. The van der Waals surface area contributed by atoms with Gasteiger partial charge in [0, 0.05) is 23.3 Å². The van der Waals surface area contributed by atoms with Crippen molar-refractivity contribution < 1.29 is 0 Å². The molecule has 0 amide bonds. The molecule has 0 spiro atoms. The minimum Gasteiger partial charge on any atom is -0.380 e. The number of aromatic nitrogens is 1. The van der Waals surface area contributed by atoms with Gasteiger partial charge in [0.2, 0.25) is 0 Å². The minimum absolute atomic E-state index is 0.781. The molecule has 0 unspecified atom stereocenters. The zero-order chi connectivity index (χ0) is 16.6. The largest absolute Gasteiger partial charge is 0.380 e. The Morgan fingerprint density at radius 2 is 1.80 bits per heavy atom. The highest BCUT2D eigenvalue weighted by atomic mass is 14.9. The molecule has 1 heterocycles. The van der Waals surface area contributed by atoms with Gasteiger partial charge in [-0.3, -0.25) is 4.98 Å². The molecule has 0 bridgehead atoms. The van der Waals surface area contributed by atoms with E-state index in [1.807, 2.05) is 0 Å². The lowest BCUT2D eigenvalue weighted by molar-refractivity contribution is 0.672. The third kappa shape index (κ3) is 2.90. The molecule has 126 valence electrons. The number of anilines is 1. The molecular formula is C23H24N2. The summed E-state index contributed by atoms with van der Waals surface area (Å²) in [6.07, 6.45) is 7.51. The molecule has 1 fully saturated rings. The van der Waals surface area contributed by atoms with E-state index in [4.69, 9.17) is 4.98 Å². The monoisotopic (exact) mass is 328 g/mol. The molecule has 1 aromatic heterocycles. The SMILES string of the molecule is c1ccc(CNc2c3c(nc4cc(C5CC5)ccc24)CCCC3)cc1. The number of rotatable bonds is 4. The van der Waals surface area contributed by atoms with Crippen LogP contribution < -0.4 is 5.32 Å². The maximum atomic E-state index is 5.06. The Balaban J connectivity index is 1.58. The number of hydrogen-bond acceptors (Lipinski definition) is 2. The van der Waals surface area contributed by atoms with E-state index in [2.05, 4.69) is 53.8 Å². The van der Waals surface area contributed by atoms with Crippen molar-refractivity contribution in [1.82, 2.24) is 4.98 Å². The van der Waals surface area contributed by atoms with E-state index in [1.54, 1.807) is 0 Å². The van der Waals surface area contributed by atoms with E-state index in [1.165, 1.54) is 64.7 Å². The first-order valence-corrected chi connectivity index (χ1v) is 9.62. The predicted octanol–water partition coefficient (Wildman–Crippen LogP) is 5.60. The van der Waals surface area contributed by atoms with Gasteiger partial charge in [0.15, 0.2) is 0 Å². The number of nitrogens with zero attached hydrogens (tertiary/aromatic N) is 1. The molecule has 2 aliphatic carbocycles. The van der Waals surface area contributed by atoms with Crippen molar-refractivity contribution in [3.63, 3.8) is 0 Å². The van der Waals surface area contributed by atoms with Crippen molar-refractivity contribution in [2.75, 3.05) is 5.32 Å². The van der Waals surface area contributed by atoms with Gasteiger partial charge in [-0.05, 0) is 67.2 Å². The van der Waals surface area contributed by atoms with Crippen LogP contribution in [0, 0.1) is 0 Å². The Labute approximate surface area is 149 Å². The molecule has 0 saturated heterocycles. The molecule has 2 nitrogen and oxygen atoms in total. The number of fused-ring (bicyclic) bond motifs is 2. The molecule has 5 rings (SSSR count). The highest BCUT2D eigenvalue weighted by Crippen LogP contribution is 2.42. The summed E-state index contributed by atoms with van der Waals surface area (Å²) in [5.41, 5.74) is 8.08. The molecule has 1 saturated carbocycles. The Bertz CT molecular complexity index is 910. The van der Waals surface area contributed by atoms with Crippen LogP contribution in [0.4, 0.5) is 5.69 Å². The molecule has 1 N–H and O–H groups in total. The van der Waals surface area contributed by atoms with Gasteiger partial charge in [-0.2, -0.15) is 0 Å². The molecule has 0 aliphatic heterocycles. The van der Waals surface area contributed by atoms with Crippen molar-refractivity contribution in [3.05, 3.63) is 70.9 Å². The molecule has 2 aromatic carbocycles. The second-order valence-electron chi connectivity index (χ2n) is 7.51. The smallest absolute Gasteiger partial charge is 0.0729 e. The highest BCUT2D eigenvalue weighted by Gasteiger charge is 2.25. The van der Waals surface area contributed by atoms with E-state index >= 15 is 0 Å². The predicted molar refractivity (Wildman–Crippen MR) is 104 cm³/mol. The highest BCUT2D eigenvalue weighted by molar-refractivity contribution is 5.94. The summed E-state index contributed by atoms with van der Waals surface area (Å²) in [4.78, 5) is 5.06. The zero-order valence-corrected chi connectivity index (χ0v) is 14.6. The molecule has 0 radical (unpaired) electrons. The minimum atomic E-state index is 0.781. The van der Waals surface area contributed by atoms with E-state index < -0.39 is 0 Å². The van der Waals surface area contributed by atoms with Crippen molar-refractivity contribution in [3.8, 4) is 0 Å². The van der Waals surface area contributed by atoms with Crippen molar-refractivity contribution >= 4 is 16.6 Å². The van der Waals surface area contributed by atoms with Gasteiger partial charge in [-0.15, -0.1) is 0 Å². The van der Waals surface area contributed by atoms with Crippen LogP contribution in [0.25, 0.3) is 10.9 Å². The van der Waals surface area contributed by atoms with Crippen LogP contribution in [0.5, 0.6) is 0 Å². The van der Waals surface area contributed by atoms with Crippen LogP contribution in [0.2, 0.25) is 0 Å². The summed E-state index contributed by atoms with van der Waals surface area (Å²) in [6, 6.07) is 17.6. The fraction of sp³-hybridized carbons (Fsp3) is 0.348. The number of pyridine rings is 1. The van der Waals surface area contributed by atoms with E-state index in [0.717, 1.165) is 25.3 Å². The van der Waals surface area contributed by atoms with Crippen molar-refractivity contribution in [2.45, 2.75) is 51.0 Å². The Hall–Kier alpha value is -2.35. The summed E-state index contributed by atoms with van der Waals surface area (Å²) in [6.45, 7) is 0.872. The Kier molecular flexibility index (Phi) is 3.70. The van der Waals surface area contributed by atoms with Gasteiger partial charge in [0.05, 0.1) is 5.52 Å². The summed E-state index contributed by atoms with van der Waals surface area (Å²) in [5, 5.41) is 5.05.